The summed E-state index contributed by atoms with van der Waals surface area (Å²) in [5.74, 6) is -0.603. The molecule has 6 heteroatoms. The molecule has 4 N–H and O–H groups in total. The first-order valence-electron chi connectivity index (χ1n) is 10.1. The molecule has 1 aliphatic heterocycles. The predicted molar refractivity (Wildman–Crippen MR) is 122 cm³/mol. The van der Waals surface area contributed by atoms with E-state index >= 15 is 0 Å². The van der Waals surface area contributed by atoms with Gasteiger partial charge in [0.25, 0.3) is 0 Å². The number of carbonyl (C=O) groups excluding carboxylic acids is 1. The third-order valence-electron chi connectivity index (χ3n) is 5.93. The summed E-state index contributed by atoms with van der Waals surface area (Å²) in [5, 5.41) is 22.9. The Morgan fingerprint density at radius 3 is 2.33 bits per heavy atom. The molecule has 1 aromatic rings. The fraction of sp³-hybridized carbons (Fsp3) is 0.375. The van der Waals surface area contributed by atoms with Crippen LogP contribution in [0.15, 0.2) is 59.8 Å². The Hall–Kier alpha value is -3.15. The lowest BCUT2D eigenvalue weighted by Crippen LogP contribution is -2.65. The van der Waals surface area contributed by atoms with E-state index in [9.17, 15) is 4.79 Å². The maximum absolute atomic E-state index is 13.3. The standard InChI is InChI=1S/C24H31N5O/c1-23(2,3)17-10-7-15(8-11-17)20-21(30)29(6)22(26)28-24(20,4)18-12-9-16(14-27-5)19(25)13-18/h7-14,20,25,27H,1-6H3,(H2,26,28)/b16-14-,25-19?/t20-,24-/m1/s1. The van der Waals surface area contributed by atoms with Gasteiger partial charge in [0.15, 0.2) is 5.96 Å². The number of nitrogens with one attached hydrogen (secondary N) is 4. The van der Waals surface area contributed by atoms with Crippen LogP contribution in [0.3, 0.4) is 0 Å². The van der Waals surface area contributed by atoms with E-state index in [1.807, 2.05) is 31.2 Å². The minimum atomic E-state index is -0.849. The van der Waals surface area contributed by atoms with E-state index in [-0.39, 0.29) is 17.3 Å². The lowest BCUT2D eigenvalue weighted by molar-refractivity contribution is -0.130. The molecule has 158 valence electrons. The Kier molecular flexibility index (Phi) is 5.46. The lowest BCUT2D eigenvalue weighted by Gasteiger charge is -2.46. The van der Waals surface area contributed by atoms with Gasteiger partial charge in [-0.3, -0.25) is 15.1 Å². The highest BCUT2D eigenvalue weighted by Crippen LogP contribution is 2.40. The number of hydrogen-bond donors (Lipinski definition) is 4. The molecule has 0 bridgehead atoms. The number of guanidine groups is 1. The van der Waals surface area contributed by atoms with Gasteiger partial charge in [-0.1, -0.05) is 57.2 Å². The average Bonchev–Trinajstić information content (AvgIpc) is 2.67. The number of likely N-dealkylation sites (N-methyl/N-ethyl adjacent to an activating group) is 1. The monoisotopic (exact) mass is 405 g/mol. The Bertz CT molecular complexity index is 978. The normalized spacial score (nSPS) is 26.0. The first-order valence-corrected chi connectivity index (χ1v) is 10.1. The highest BCUT2D eigenvalue weighted by molar-refractivity contribution is 6.11. The van der Waals surface area contributed by atoms with Crippen LogP contribution >= 0.6 is 0 Å². The summed E-state index contributed by atoms with van der Waals surface area (Å²) in [7, 11) is 3.42. The van der Waals surface area contributed by atoms with Gasteiger partial charge in [-0.25, -0.2) is 0 Å². The summed E-state index contributed by atoms with van der Waals surface area (Å²) in [6, 6.07) is 8.17. The van der Waals surface area contributed by atoms with Crippen LogP contribution in [0, 0.1) is 10.8 Å². The van der Waals surface area contributed by atoms with Crippen molar-refractivity contribution in [3.05, 3.63) is 71.0 Å². The summed E-state index contributed by atoms with van der Waals surface area (Å²) < 4.78 is 0. The number of nitrogens with zero attached hydrogens (tertiary/aromatic N) is 1. The van der Waals surface area contributed by atoms with E-state index in [2.05, 4.69) is 43.5 Å². The predicted octanol–water partition coefficient (Wildman–Crippen LogP) is 3.44. The Labute approximate surface area is 178 Å². The summed E-state index contributed by atoms with van der Waals surface area (Å²) >= 11 is 0. The molecule has 30 heavy (non-hydrogen) atoms. The maximum Gasteiger partial charge on any atom is 0.239 e. The van der Waals surface area contributed by atoms with Gasteiger partial charge in [0.05, 0.1) is 17.2 Å². The largest absolute Gasteiger partial charge is 0.393 e. The molecule has 1 heterocycles. The topological polar surface area (TPSA) is 92.1 Å². The second kappa shape index (κ2) is 7.59. The maximum atomic E-state index is 13.3. The number of benzene rings is 1. The van der Waals surface area contributed by atoms with Crippen molar-refractivity contribution in [1.29, 1.82) is 10.8 Å². The molecular formula is C24H31N5O. The fourth-order valence-electron chi connectivity index (χ4n) is 4.00. The minimum Gasteiger partial charge on any atom is -0.393 e. The molecule has 2 atom stereocenters. The molecule has 0 spiro atoms. The van der Waals surface area contributed by atoms with Gasteiger partial charge in [0.2, 0.25) is 5.91 Å². The van der Waals surface area contributed by atoms with E-state index in [1.54, 1.807) is 26.4 Å². The van der Waals surface area contributed by atoms with Crippen molar-refractivity contribution in [2.75, 3.05) is 14.1 Å². The van der Waals surface area contributed by atoms with Crippen molar-refractivity contribution >= 4 is 17.6 Å². The van der Waals surface area contributed by atoms with Gasteiger partial charge < -0.3 is 16.0 Å². The third-order valence-corrected chi connectivity index (χ3v) is 5.93. The number of allylic oxidation sites excluding steroid dienone is 3. The van der Waals surface area contributed by atoms with Crippen molar-refractivity contribution in [1.82, 2.24) is 15.5 Å². The smallest absolute Gasteiger partial charge is 0.239 e. The van der Waals surface area contributed by atoms with Gasteiger partial charge in [-0.2, -0.15) is 0 Å². The number of carbonyl (C=O) groups is 1. The molecule has 3 rings (SSSR count). The summed E-state index contributed by atoms with van der Waals surface area (Å²) in [5.41, 5.74) is 3.20. The molecule has 0 radical (unpaired) electrons. The SMILES string of the molecule is CN/C=C1/C=CC([C@@]2(C)NC(=N)N(C)C(=O)[C@H]2c2ccc(C(C)(C)C)cc2)=CC1=N. The van der Waals surface area contributed by atoms with E-state index in [0.29, 0.717) is 5.71 Å². The Balaban J connectivity index is 2.09. The summed E-state index contributed by atoms with van der Waals surface area (Å²) in [4.78, 5) is 14.7. The molecule has 0 saturated carbocycles. The molecule has 1 saturated heterocycles. The second-order valence-corrected chi connectivity index (χ2v) is 9.11. The minimum absolute atomic E-state index is 0.0232. The zero-order valence-corrected chi connectivity index (χ0v) is 18.6. The van der Waals surface area contributed by atoms with E-state index in [4.69, 9.17) is 10.8 Å². The van der Waals surface area contributed by atoms with Crippen molar-refractivity contribution in [2.24, 2.45) is 0 Å². The van der Waals surface area contributed by atoms with Crippen molar-refractivity contribution in [3.8, 4) is 0 Å². The van der Waals surface area contributed by atoms with Gasteiger partial charge in [0, 0.05) is 25.9 Å². The van der Waals surface area contributed by atoms with Gasteiger partial charge in [-0.15, -0.1) is 0 Å². The molecule has 0 unspecified atom stereocenters. The van der Waals surface area contributed by atoms with Crippen LogP contribution in [0.2, 0.25) is 0 Å². The van der Waals surface area contributed by atoms with E-state index in [0.717, 1.165) is 16.7 Å². The van der Waals surface area contributed by atoms with Gasteiger partial charge in [0.1, 0.15) is 0 Å². The number of rotatable bonds is 3. The number of amides is 1. The second-order valence-electron chi connectivity index (χ2n) is 9.11. The van der Waals surface area contributed by atoms with E-state index < -0.39 is 11.5 Å². The van der Waals surface area contributed by atoms with E-state index in [1.165, 1.54) is 10.5 Å². The zero-order chi connectivity index (χ0) is 22.3. The van der Waals surface area contributed by atoms with Crippen LogP contribution in [-0.4, -0.2) is 42.1 Å². The molecule has 1 amide bonds. The molecule has 6 nitrogen and oxygen atoms in total. The Morgan fingerprint density at radius 1 is 1.17 bits per heavy atom. The third kappa shape index (κ3) is 3.70. The highest BCUT2D eigenvalue weighted by Gasteiger charge is 2.49. The van der Waals surface area contributed by atoms with Crippen LogP contribution < -0.4 is 10.6 Å². The molecule has 1 aliphatic carbocycles. The van der Waals surface area contributed by atoms with Crippen LogP contribution in [0.5, 0.6) is 0 Å². The van der Waals surface area contributed by atoms with Crippen molar-refractivity contribution in [2.45, 2.75) is 44.6 Å². The molecule has 0 aromatic heterocycles. The summed E-state index contributed by atoms with van der Waals surface area (Å²) in [6.07, 6.45) is 7.34. The highest BCUT2D eigenvalue weighted by atomic mass is 16.2. The van der Waals surface area contributed by atoms with Crippen LogP contribution in [-0.2, 0) is 10.2 Å². The van der Waals surface area contributed by atoms with Gasteiger partial charge >= 0.3 is 0 Å². The summed E-state index contributed by atoms with van der Waals surface area (Å²) in [6.45, 7) is 8.42. The van der Waals surface area contributed by atoms with Crippen molar-refractivity contribution < 1.29 is 4.79 Å². The van der Waals surface area contributed by atoms with Gasteiger partial charge in [-0.05, 0) is 35.1 Å². The fourth-order valence-corrected chi connectivity index (χ4v) is 4.00. The lowest BCUT2D eigenvalue weighted by atomic mass is 9.71. The zero-order valence-electron chi connectivity index (χ0n) is 18.6. The van der Waals surface area contributed by atoms with Crippen LogP contribution in [0.25, 0.3) is 0 Å². The quantitative estimate of drug-likeness (QED) is 0.621. The first-order chi connectivity index (χ1) is 14.0. The average molecular weight is 406 g/mol. The molecule has 1 aromatic carbocycles. The Morgan fingerprint density at radius 2 is 1.80 bits per heavy atom. The molecular weight excluding hydrogens is 374 g/mol. The van der Waals surface area contributed by atoms with Crippen LogP contribution in [0.4, 0.5) is 0 Å². The number of hydrogen-bond acceptors (Lipinski definition) is 4. The van der Waals surface area contributed by atoms with Crippen molar-refractivity contribution in [3.63, 3.8) is 0 Å². The molecule has 2 aliphatic rings. The van der Waals surface area contributed by atoms with Crippen LogP contribution in [0.1, 0.15) is 44.7 Å². The molecule has 1 fully saturated rings. The first kappa shape index (κ1) is 21.6.